The fourth-order valence-corrected chi connectivity index (χ4v) is 9.51. The SMILES string of the molecule is CCCCCCCCCCCCCCCCCCCCCCCCCCCCCCCCCC(=O)OCC(COC(=O)CCCCCCCCCC)OC(=O)CCCCCCCCCCCC. The Balaban J connectivity index is 3.89. The van der Waals surface area contributed by atoms with Crippen LogP contribution in [0.3, 0.4) is 0 Å². The van der Waals surface area contributed by atoms with Gasteiger partial charge >= 0.3 is 17.9 Å². The fourth-order valence-electron chi connectivity index (χ4n) is 9.51. The number of esters is 3. The third kappa shape index (κ3) is 55.2. The van der Waals surface area contributed by atoms with Gasteiger partial charge in [0.05, 0.1) is 0 Å². The summed E-state index contributed by atoms with van der Waals surface area (Å²) in [6.45, 7) is 6.65. The predicted molar refractivity (Wildman–Crippen MR) is 289 cm³/mol. The normalized spacial score (nSPS) is 11.9. The standard InChI is InChI=1S/C61H118O6/c1-4-7-10-13-16-19-21-22-23-24-25-26-27-28-29-30-31-32-33-34-35-36-37-38-39-40-41-43-45-48-51-54-60(63)66-57-58(56-65-59(62)53-50-47-44-18-15-12-9-6-3)67-61(64)55-52-49-46-42-20-17-14-11-8-5-2/h58H,4-57H2,1-3H3. The van der Waals surface area contributed by atoms with Gasteiger partial charge in [-0.3, -0.25) is 14.4 Å². The number of rotatable bonds is 57. The molecule has 0 N–H and O–H groups in total. The lowest BCUT2D eigenvalue weighted by molar-refractivity contribution is -0.167. The van der Waals surface area contributed by atoms with Crippen LogP contribution in [-0.4, -0.2) is 37.2 Å². The van der Waals surface area contributed by atoms with Crippen molar-refractivity contribution in [3.63, 3.8) is 0 Å². The summed E-state index contributed by atoms with van der Waals surface area (Å²) in [4.78, 5) is 37.8. The van der Waals surface area contributed by atoms with Gasteiger partial charge in [0.15, 0.2) is 6.10 Å². The molecule has 0 aromatic carbocycles. The molecule has 0 rings (SSSR count). The molecule has 0 fully saturated rings. The van der Waals surface area contributed by atoms with Gasteiger partial charge in [-0.2, -0.15) is 0 Å². The summed E-state index contributed by atoms with van der Waals surface area (Å²) in [7, 11) is 0. The average Bonchev–Trinajstić information content (AvgIpc) is 3.33. The zero-order valence-corrected chi connectivity index (χ0v) is 45.7. The van der Waals surface area contributed by atoms with Crippen LogP contribution < -0.4 is 0 Å². The van der Waals surface area contributed by atoms with Crippen molar-refractivity contribution in [2.75, 3.05) is 13.2 Å². The second-order valence-corrected chi connectivity index (χ2v) is 21.0. The third-order valence-electron chi connectivity index (χ3n) is 14.1. The zero-order chi connectivity index (χ0) is 48.6. The lowest BCUT2D eigenvalue weighted by atomic mass is 10.0. The molecule has 0 aromatic rings. The maximum absolute atomic E-state index is 12.7. The largest absolute Gasteiger partial charge is 0.462 e. The van der Waals surface area contributed by atoms with E-state index in [9.17, 15) is 14.4 Å². The topological polar surface area (TPSA) is 78.9 Å². The van der Waals surface area contributed by atoms with Gasteiger partial charge in [-0.25, -0.2) is 0 Å². The van der Waals surface area contributed by atoms with Gasteiger partial charge in [0.25, 0.3) is 0 Å². The van der Waals surface area contributed by atoms with Crippen molar-refractivity contribution in [1.29, 1.82) is 0 Å². The molecular formula is C61H118O6. The molecule has 0 heterocycles. The molecule has 0 bridgehead atoms. The first-order valence-electron chi connectivity index (χ1n) is 30.5. The summed E-state index contributed by atoms with van der Waals surface area (Å²) in [5.74, 6) is -0.846. The van der Waals surface area contributed by atoms with Crippen molar-refractivity contribution in [2.45, 2.75) is 361 Å². The Morgan fingerprint density at radius 2 is 0.403 bits per heavy atom. The van der Waals surface area contributed by atoms with E-state index >= 15 is 0 Å². The summed E-state index contributed by atoms with van der Waals surface area (Å²) >= 11 is 0. The Bertz CT molecular complexity index is 998. The minimum atomic E-state index is -0.759. The smallest absolute Gasteiger partial charge is 0.306 e. The molecule has 0 aliphatic heterocycles. The van der Waals surface area contributed by atoms with Gasteiger partial charge in [0, 0.05) is 19.3 Å². The second-order valence-electron chi connectivity index (χ2n) is 21.0. The van der Waals surface area contributed by atoms with E-state index in [2.05, 4.69) is 20.8 Å². The minimum absolute atomic E-state index is 0.0622. The molecule has 6 heteroatoms. The maximum atomic E-state index is 12.7. The highest BCUT2D eigenvalue weighted by Crippen LogP contribution is 2.18. The lowest BCUT2D eigenvalue weighted by Gasteiger charge is -2.18. The molecule has 0 radical (unpaired) electrons. The van der Waals surface area contributed by atoms with E-state index in [0.717, 1.165) is 57.8 Å². The van der Waals surface area contributed by atoms with Crippen LogP contribution in [0.2, 0.25) is 0 Å². The second kappa shape index (κ2) is 57.0. The summed E-state index contributed by atoms with van der Waals surface area (Å²) < 4.78 is 16.8. The fraction of sp³-hybridized carbons (Fsp3) is 0.951. The molecule has 6 nitrogen and oxygen atoms in total. The van der Waals surface area contributed by atoms with Crippen molar-refractivity contribution in [3.05, 3.63) is 0 Å². The van der Waals surface area contributed by atoms with E-state index in [4.69, 9.17) is 14.2 Å². The van der Waals surface area contributed by atoms with Gasteiger partial charge < -0.3 is 14.2 Å². The molecule has 0 aliphatic carbocycles. The van der Waals surface area contributed by atoms with E-state index < -0.39 is 6.10 Å². The predicted octanol–water partition coefficient (Wildman–Crippen LogP) is 20.3. The Kier molecular flexibility index (Phi) is 55.6. The van der Waals surface area contributed by atoms with Crippen LogP contribution >= 0.6 is 0 Å². The van der Waals surface area contributed by atoms with Crippen molar-refractivity contribution in [1.82, 2.24) is 0 Å². The molecule has 67 heavy (non-hydrogen) atoms. The molecule has 398 valence electrons. The van der Waals surface area contributed by atoms with Gasteiger partial charge in [-0.1, -0.05) is 316 Å². The Morgan fingerprint density at radius 3 is 0.597 bits per heavy atom. The van der Waals surface area contributed by atoms with Crippen molar-refractivity contribution < 1.29 is 28.6 Å². The minimum Gasteiger partial charge on any atom is -0.462 e. The number of unbranched alkanes of at least 4 members (excludes halogenated alkanes) is 46. The van der Waals surface area contributed by atoms with Crippen LogP contribution in [-0.2, 0) is 28.6 Å². The quantitative estimate of drug-likeness (QED) is 0.0343. The molecule has 1 unspecified atom stereocenters. The van der Waals surface area contributed by atoms with Crippen LogP contribution in [0.25, 0.3) is 0 Å². The summed E-state index contributed by atoms with van der Waals surface area (Å²) in [5.41, 5.74) is 0. The molecule has 0 aromatic heterocycles. The Labute approximate surface area is 418 Å². The van der Waals surface area contributed by atoms with E-state index in [0.29, 0.717) is 19.3 Å². The molecule has 0 spiro atoms. The molecular weight excluding hydrogens is 829 g/mol. The molecule has 0 saturated heterocycles. The van der Waals surface area contributed by atoms with Gasteiger partial charge in [0.2, 0.25) is 0 Å². The maximum Gasteiger partial charge on any atom is 0.306 e. The highest BCUT2D eigenvalue weighted by Gasteiger charge is 2.19. The molecule has 1 atom stereocenters. The van der Waals surface area contributed by atoms with Crippen LogP contribution in [0.4, 0.5) is 0 Å². The van der Waals surface area contributed by atoms with Crippen LogP contribution in [0.1, 0.15) is 355 Å². The summed E-state index contributed by atoms with van der Waals surface area (Å²) in [5, 5.41) is 0. The van der Waals surface area contributed by atoms with E-state index in [1.54, 1.807) is 0 Å². The van der Waals surface area contributed by atoms with Gasteiger partial charge in [-0.15, -0.1) is 0 Å². The number of hydrogen-bond acceptors (Lipinski definition) is 6. The highest BCUT2D eigenvalue weighted by atomic mass is 16.6. The van der Waals surface area contributed by atoms with Crippen LogP contribution in [0.15, 0.2) is 0 Å². The Hall–Kier alpha value is -1.59. The zero-order valence-electron chi connectivity index (χ0n) is 45.7. The number of hydrogen-bond donors (Lipinski definition) is 0. The van der Waals surface area contributed by atoms with Crippen LogP contribution in [0, 0.1) is 0 Å². The average molecular weight is 948 g/mol. The highest BCUT2D eigenvalue weighted by molar-refractivity contribution is 5.71. The van der Waals surface area contributed by atoms with Crippen molar-refractivity contribution in [2.24, 2.45) is 0 Å². The summed E-state index contributed by atoms with van der Waals surface area (Å²) in [6, 6.07) is 0. The first kappa shape index (κ1) is 65.4. The monoisotopic (exact) mass is 947 g/mol. The molecule has 0 aliphatic rings. The first-order valence-corrected chi connectivity index (χ1v) is 30.5. The van der Waals surface area contributed by atoms with E-state index in [-0.39, 0.29) is 31.1 Å². The third-order valence-corrected chi connectivity index (χ3v) is 14.1. The number of carbonyl (C=O) groups excluding carboxylic acids is 3. The van der Waals surface area contributed by atoms with Gasteiger partial charge in [-0.05, 0) is 19.3 Å². The molecule has 0 saturated carbocycles. The van der Waals surface area contributed by atoms with E-state index in [1.165, 1.54) is 257 Å². The van der Waals surface area contributed by atoms with Crippen molar-refractivity contribution >= 4 is 17.9 Å². The van der Waals surface area contributed by atoms with E-state index in [1.807, 2.05) is 0 Å². The van der Waals surface area contributed by atoms with Crippen LogP contribution in [0.5, 0.6) is 0 Å². The number of carbonyl (C=O) groups is 3. The molecule has 0 amide bonds. The first-order chi connectivity index (χ1) is 33.0. The number of ether oxygens (including phenoxy) is 3. The summed E-state index contributed by atoms with van der Waals surface area (Å²) in [6.07, 6.45) is 64.4. The van der Waals surface area contributed by atoms with Gasteiger partial charge in [0.1, 0.15) is 13.2 Å². The van der Waals surface area contributed by atoms with Crippen molar-refractivity contribution in [3.8, 4) is 0 Å². The lowest BCUT2D eigenvalue weighted by Crippen LogP contribution is -2.30. The Morgan fingerprint density at radius 1 is 0.239 bits per heavy atom.